The Bertz CT molecular complexity index is 762. The largest absolute Gasteiger partial charge is 0.461 e. The van der Waals surface area contributed by atoms with Gasteiger partial charge in [-0.3, -0.25) is 4.90 Å². The second-order valence-electron chi connectivity index (χ2n) is 5.76. The molecule has 3 rings (SSSR count). The highest BCUT2D eigenvalue weighted by Crippen LogP contribution is 2.21. The SMILES string of the molecule is CCS(=O)(=O)CCN1Cc2cncn2C(COc2ncccn2)C1. The summed E-state index contributed by atoms with van der Waals surface area (Å²) in [6, 6.07) is 2.12. The van der Waals surface area contributed by atoms with Crippen LogP contribution >= 0.6 is 0 Å². The van der Waals surface area contributed by atoms with Crippen molar-refractivity contribution in [3.05, 3.63) is 36.7 Å². The Labute approximate surface area is 141 Å². The molecule has 0 amide bonds. The molecule has 0 saturated carbocycles. The monoisotopic (exact) mass is 351 g/mol. The van der Waals surface area contributed by atoms with Crippen LogP contribution < -0.4 is 4.74 Å². The molecular weight excluding hydrogens is 330 g/mol. The lowest BCUT2D eigenvalue weighted by Crippen LogP contribution is -2.41. The third-order valence-electron chi connectivity index (χ3n) is 4.10. The summed E-state index contributed by atoms with van der Waals surface area (Å²) < 4.78 is 31.2. The molecule has 3 heterocycles. The molecule has 0 aliphatic carbocycles. The fraction of sp³-hybridized carbons (Fsp3) is 0.533. The number of rotatable bonds is 7. The van der Waals surface area contributed by atoms with E-state index in [1.165, 1.54) is 0 Å². The van der Waals surface area contributed by atoms with E-state index >= 15 is 0 Å². The zero-order valence-corrected chi connectivity index (χ0v) is 14.4. The number of hydrogen-bond donors (Lipinski definition) is 0. The van der Waals surface area contributed by atoms with Crippen LogP contribution in [0.2, 0.25) is 0 Å². The zero-order valence-electron chi connectivity index (χ0n) is 13.6. The molecule has 2 aromatic heterocycles. The fourth-order valence-corrected chi connectivity index (χ4v) is 3.53. The summed E-state index contributed by atoms with van der Waals surface area (Å²) in [6.45, 7) is 3.99. The second-order valence-corrected chi connectivity index (χ2v) is 8.23. The van der Waals surface area contributed by atoms with Gasteiger partial charge in [-0.2, -0.15) is 0 Å². The van der Waals surface area contributed by atoms with E-state index < -0.39 is 9.84 Å². The standard InChI is InChI=1S/C15H21N5O3S/c1-2-24(21,22)7-6-19-9-13-8-16-12-20(13)14(10-19)11-23-15-17-4-3-5-18-15/h3-5,8,12,14H,2,6-7,9-11H2,1H3. The molecule has 0 N–H and O–H groups in total. The minimum atomic E-state index is -2.97. The molecule has 0 spiro atoms. The third-order valence-corrected chi connectivity index (χ3v) is 5.78. The van der Waals surface area contributed by atoms with Gasteiger partial charge in [-0.05, 0) is 6.07 Å². The quantitative estimate of drug-likeness (QED) is 0.719. The average Bonchev–Trinajstić information content (AvgIpc) is 3.07. The van der Waals surface area contributed by atoms with Crippen LogP contribution in [0.3, 0.4) is 0 Å². The summed E-state index contributed by atoms with van der Waals surface area (Å²) >= 11 is 0. The molecule has 8 nitrogen and oxygen atoms in total. The summed E-state index contributed by atoms with van der Waals surface area (Å²) in [4.78, 5) is 14.4. The molecule has 130 valence electrons. The first-order valence-electron chi connectivity index (χ1n) is 7.90. The summed E-state index contributed by atoms with van der Waals surface area (Å²) in [5, 5.41) is 0. The van der Waals surface area contributed by atoms with Crippen molar-refractivity contribution in [1.82, 2.24) is 24.4 Å². The molecule has 9 heteroatoms. The van der Waals surface area contributed by atoms with Gasteiger partial charge in [0.25, 0.3) is 0 Å². The third kappa shape index (κ3) is 4.09. The van der Waals surface area contributed by atoms with Crippen LogP contribution in [-0.2, 0) is 16.4 Å². The second kappa shape index (κ2) is 7.27. The molecule has 1 aliphatic heterocycles. The summed E-state index contributed by atoms with van der Waals surface area (Å²) in [6.07, 6.45) is 6.86. The van der Waals surface area contributed by atoms with Crippen molar-refractivity contribution in [3.8, 4) is 6.01 Å². The van der Waals surface area contributed by atoms with Gasteiger partial charge in [0.1, 0.15) is 6.61 Å². The number of nitrogens with zero attached hydrogens (tertiary/aromatic N) is 5. The summed E-state index contributed by atoms with van der Waals surface area (Å²) in [5.41, 5.74) is 1.05. The van der Waals surface area contributed by atoms with Gasteiger partial charge in [-0.25, -0.2) is 23.4 Å². The van der Waals surface area contributed by atoms with E-state index in [9.17, 15) is 8.42 Å². The van der Waals surface area contributed by atoms with E-state index in [4.69, 9.17) is 4.74 Å². The van der Waals surface area contributed by atoms with Crippen molar-refractivity contribution >= 4 is 9.84 Å². The Morgan fingerprint density at radius 1 is 1.33 bits per heavy atom. The van der Waals surface area contributed by atoms with Crippen LogP contribution in [0.4, 0.5) is 0 Å². The number of imidazole rings is 1. The van der Waals surface area contributed by atoms with E-state index in [2.05, 4.69) is 24.4 Å². The van der Waals surface area contributed by atoms with Crippen molar-refractivity contribution in [3.63, 3.8) is 0 Å². The highest BCUT2D eigenvalue weighted by Gasteiger charge is 2.26. The lowest BCUT2D eigenvalue weighted by molar-refractivity contribution is 0.142. The lowest BCUT2D eigenvalue weighted by Gasteiger charge is -2.34. The Balaban J connectivity index is 1.65. The number of aromatic nitrogens is 4. The van der Waals surface area contributed by atoms with Crippen LogP contribution in [0, 0.1) is 0 Å². The molecule has 1 unspecified atom stereocenters. The molecule has 0 saturated heterocycles. The predicted molar refractivity (Wildman–Crippen MR) is 88.4 cm³/mol. The molecule has 1 aliphatic rings. The van der Waals surface area contributed by atoms with Crippen molar-refractivity contribution in [1.29, 1.82) is 0 Å². The lowest BCUT2D eigenvalue weighted by atomic mass is 10.2. The smallest absolute Gasteiger partial charge is 0.316 e. The molecule has 1 atom stereocenters. The maximum atomic E-state index is 11.7. The minimum absolute atomic E-state index is 0.0457. The maximum absolute atomic E-state index is 11.7. The van der Waals surface area contributed by atoms with Gasteiger partial charge in [0.15, 0.2) is 9.84 Å². The first kappa shape index (κ1) is 16.8. The summed E-state index contributed by atoms with van der Waals surface area (Å²) in [5.74, 6) is 0.351. The van der Waals surface area contributed by atoms with Crippen molar-refractivity contribution in [2.45, 2.75) is 19.5 Å². The van der Waals surface area contributed by atoms with E-state index in [1.54, 1.807) is 31.7 Å². The van der Waals surface area contributed by atoms with Crippen LogP contribution in [0.25, 0.3) is 0 Å². The number of ether oxygens (including phenoxy) is 1. The van der Waals surface area contributed by atoms with Crippen LogP contribution in [0.5, 0.6) is 6.01 Å². The average molecular weight is 351 g/mol. The normalized spacial score (nSPS) is 18.3. The maximum Gasteiger partial charge on any atom is 0.316 e. The minimum Gasteiger partial charge on any atom is -0.461 e. The molecule has 0 fully saturated rings. The topological polar surface area (TPSA) is 90.2 Å². The first-order valence-corrected chi connectivity index (χ1v) is 9.73. The van der Waals surface area contributed by atoms with Gasteiger partial charge < -0.3 is 9.30 Å². The van der Waals surface area contributed by atoms with E-state index in [1.807, 2.05) is 6.20 Å². The predicted octanol–water partition coefficient (Wildman–Crippen LogP) is 0.543. The highest BCUT2D eigenvalue weighted by atomic mass is 32.2. The molecular formula is C15H21N5O3S. The Morgan fingerprint density at radius 2 is 2.12 bits per heavy atom. The number of hydrogen-bond acceptors (Lipinski definition) is 7. The van der Waals surface area contributed by atoms with Crippen LogP contribution in [0.1, 0.15) is 18.7 Å². The zero-order chi connectivity index (χ0) is 17.0. The van der Waals surface area contributed by atoms with Gasteiger partial charge in [0.2, 0.25) is 0 Å². The Morgan fingerprint density at radius 3 is 2.88 bits per heavy atom. The van der Waals surface area contributed by atoms with Crippen molar-refractivity contribution < 1.29 is 13.2 Å². The Hall–Kier alpha value is -2.00. The van der Waals surface area contributed by atoms with Crippen molar-refractivity contribution in [2.75, 3.05) is 31.2 Å². The van der Waals surface area contributed by atoms with Gasteiger partial charge in [-0.1, -0.05) is 6.92 Å². The van der Waals surface area contributed by atoms with E-state index in [0.29, 0.717) is 32.3 Å². The van der Waals surface area contributed by atoms with Gasteiger partial charge in [0.05, 0.1) is 23.8 Å². The van der Waals surface area contributed by atoms with E-state index in [0.717, 1.165) is 5.69 Å². The van der Waals surface area contributed by atoms with Gasteiger partial charge in [0, 0.05) is 44.0 Å². The molecule has 0 bridgehead atoms. The summed E-state index contributed by atoms with van der Waals surface area (Å²) in [7, 11) is -2.97. The fourth-order valence-electron chi connectivity index (χ4n) is 2.71. The van der Waals surface area contributed by atoms with Crippen LogP contribution in [0.15, 0.2) is 31.0 Å². The van der Waals surface area contributed by atoms with Gasteiger partial charge >= 0.3 is 6.01 Å². The Kier molecular flexibility index (Phi) is 5.10. The van der Waals surface area contributed by atoms with Gasteiger partial charge in [-0.15, -0.1) is 0 Å². The first-order chi connectivity index (χ1) is 11.6. The molecule has 0 radical (unpaired) electrons. The number of fused-ring (bicyclic) bond motifs is 1. The highest BCUT2D eigenvalue weighted by molar-refractivity contribution is 7.91. The molecule has 0 aromatic carbocycles. The molecule has 2 aromatic rings. The molecule has 24 heavy (non-hydrogen) atoms. The van der Waals surface area contributed by atoms with Crippen molar-refractivity contribution in [2.24, 2.45) is 0 Å². The van der Waals surface area contributed by atoms with E-state index in [-0.39, 0.29) is 17.5 Å². The van der Waals surface area contributed by atoms with Crippen LogP contribution in [-0.4, -0.2) is 64.0 Å². The number of sulfone groups is 1.